The largest absolute Gasteiger partial charge is 0.358 e. The second-order valence-electron chi connectivity index (χ2n) is 1.33. The van der Waals surface area contributed by atoms with Crippen LogP contribution in [0.2, 0.25) is 13.1 Å². The van der Waals surface area contributed by atoms with Gasteiger partial charge in [-0.05, 0) is 13.1 Å². The molecule has 0 saturated carbocycles. The Morgan fingerprint density at radius 1 is 1.29 bits per heavy atom. The summed E-state index contributed by atoms with van der Waals surface area (Å²) >= 11 is 10.9. The predicted molar refractivity (Wildman–Crippen MR) is 43.3 cm³/mol. The van der Waals surface area contributed by atoms with Crippen molar-refractivity contribution >= 4 is 39.3 Å². The maximum Gasteiger partial charge on any atom is 0.245 e. The normalized spacial score (nSPS) is 9.86. The van der Waals surface area contributed by atoms with E-state index in [1.807, 2.05) is 13.1 Å². The second-order valence-corrected chi connectivity index (χ2v) is 10.2. The van der Waals surface area contributed by atoms with E-state index < -0.39 is 6.69 Å². The van der Waals surface area contributed by atoms with Gasteiger partial charge in [-0.3, -0.25) is 0 Å². The first kappa shape index (κ1) is 10.9. The first-order chi connectivity index (χ1) is 3.00. The van der Waals surface area contributed by atoms with Gasteiger partial charge in [0.25, 0.3) is 0 Å². The molecule has 0 radical (unpaired) electrons. The molecule has 5 heteroatoms. The van der Waals surface area contributed by atoms with Crippen molar-refractivity contribution in [2.24, 2.45) is 5.40 Å². The zero-order chi connectivity index (χ0) is 6.50. The highest BCUT2D eigenvalue weighted by Gasteiger charge is 2.08. The van der Waals surface area contributed by atoms with Gasteiger partial charge in [-0.15, -0.1) is 22.2 Å². The minimum Gasteiger partial charge on any atom is -0.358 e. The van der Waals surface area contributed by atoms with Crippen LogP contribution in [-0.4, -0.2) is 17.1 Å². The molecule has 0 aromatic rings. The summed E-state index contributed by atoms with van der Waals surface area (Å²) in [5, 5.41) is 4.64. The van der Waals surface area contributed by atoms with Crippen LogP contribution in [0.5, 0.6) is 0 Å². The van der Waals surface area contributed by atoms with Gasteiger partial charge in [-0.2, -0.15) is 0 Å². The molecule has 0 atom stereocenters. The molecule has 2 N–H and O–H groups in total. The zero-order valence-electron chi connectivity index (χ0n) is 4.83. The van der Waals surface area contributed by atoms with E-state index in [0.29, 0.717) is 0 Å². The molecular weight excluding hydrogens is 165 g/mol. The maximum atomic E-state index is 5.43. The molecule has 0 aliphatic heterocycles. The topological polar surface area (TPSA) is 26.0 Å². The van der Waals surface area contributed by atoms with Gasteiger partial charge in [0.2, 0.25) is 6.69 Å². The number of nitrogens with two attached hydrogens (primary N) is 1. The first-order valence-electron chi connectivity index (χ1n) is 1.96. The monoisotopic (exact) mass is 175 g/mol. The van der Waals surface area contributed by atoms with Gasteiger partial charge in [0.05, 0.1) is 10.4 Å². The summed E-state index contributed by atoms with van der Waals surface area (Å²) in [6.07, 6.45) is 0. The molecule has 46 valence electrons. The highest BCUT2D eigenvalue weighted by atomic mass is 35.7. The third-order valence-electron chi connectivity index (χ3n) is 0. The highest BCUT2D eigenvalue weighted by Crippen LogP contribution is 2.10. The molecule has 0 aliphatic carbocycles. The average Bonchev–Trinajstić information content (AvgIpc) is 1.36. The van der Waals surface area contributed by atoms with Crippen molar-refractivity contribution in [3.05, 3.63) is 0 Å². The van der Waals surface area contributed by atoms with Crippen molar-refractivity contribution in [2.45, 2.75) is 13.1 Å². The van der Waals surface area contributed by atoms with Crippen molar-refractivity contribution in [1.82, 2.24) is 0 Å². The van der Waals surface area contributed by atoms with E-state index in [-0.39, 0.29) is 0 Å². The SMILES string of the molecule is C[Si](C)(Cl)Cl.N[SiH3]. The van der Waals surface area contributed by atoms with Crippen LogP contribution in [0.3, 0.4) is 0 Å². The third-order valence-corrected chi connectivity index (χ3v) is 0. The average molecular weight is 176 g/mol. The van der Waals surface area contributed by atoms with Crippen LogP contribution in [0.25, 0.3) is 0 Å². The van der Waals surface area contributed by atoms with E-state index in [4.69, 9.17) is 22.2 Å². The van der Waals surface area contributed by atoms with Crippen LogP contribution in [0, 0.1) is 0 Å². The van der Waals surface area contributed by atoms with Crippen molar-refractivity contribution in [2.75, 3.05) is 0 Å². The lowest BCUT2D eigenvalue weighted by molar-refractivity contribution is 2.00. The van der Waals surface area contributed by atoms with Crippen LogP contribution in [0.15, 0.2) is 0 Å². The van der Waals surface area contributed by atoms with Crippen LogP contribution in [0.4, 0.5) is 0 Å². The number of halogens is 2. The molecule has 7 heavy (non-hydrogen) atoms. The molecule has 0 aromatic heterocycles. The van der Waals surface area contributed by atoms with Crippen LogP contribution < -0.4 is 5.40 Å². The fourth-order valence-corrected chi connectivity index (χ4v) is 0. The summed E-state index contributed by atoms with van der Waals surface area (Å²) < 4.78 is 0. The molecule has 0 aliphatic rings. The third kappa shape index (κ3) is 182. The molecule has 0 unspecified atom stereocenters. The Morgan fingerprint density at radius 2 is 1.29 bits per heavy atom. The molecule has 0 heterocycles. The molecule has 0 saturated heterocycles. The molecule has 1 nitrogen and oxygen atoms in total. The van der Waals surface area contributed by atoms with Crippen molar-refractivity contribution < 1.29 is 0 Å². The first-order valence-corrected chi connectivity index (χ1v) is 8.13. The Morgan fingerprint density at radius 3 is 1.29 bits per heavy atom. The lowest BCUT2D eigenvalue weighted by Crippen LogP contribution is -2.02. The van der Waals surface area contributed by atoms with Crippen LogP contribution in [-0.2, 0) is 0 Å². The minimum absolute atomic E-state index is 0.806. The maximum absolute atomic E-state index is 5.43. The summed E-state index contributed by atoms with van der Waals surface area (Å²) in [7, 11) is 0.806. The van der Waals surface area contributed by atoms with Gasteiger partial charge in [-0.1, -0.05) is 0 Å². The Balaban J connectivity index is 0. The van der Waals surface area contributed by atoms with Gasteiger partial charge in [0.15, 0.2) is 0 Å². The second kappa shape index (κ2) is 5.12. The van der Waals surface area contributed by atoms with E-state index in [9.17, 15) is 0 Å². The van der Waals surface area contributed by atoms with Gasteiger partial charge in [-0.25, -0.2) is 0 Å². The van der Waals surface area contributed by atoms with E-state index >= 15 is 0 Å². The van der Waals surface area contributed by atoms with Crippen molar-refractivity contribution in [3.63, 3.8) is 0 Å². The van der Waals surface area contributed by atoms with E-state index in [0.717, 1.165) is 10.4 Å². The van der Waals surface area contributed by atoms with E-state index in [2.05, 4.69) is 5.40 Å². The van der Waals surface area contributed by atoms with Gasteiger partial charge in [0.1, 0.15) is 0 Å². The van der Waals surface area contributed by atoms with Crippen LogP contribution in [0.1, 0.15) is 0 Å². The summed E-state index contributed by atoms with van der Waals surface area (Å²) in [6.45, 7) is 2.05. The highest BCUT2D eigenvalue weighted by molar-refractivity contribution is 7.44. The molecule has 0 amide bonds. The smallest absolute Gasteiger partial charge is 0.245 e. The number of hydrogen-bond acceptors (Lipinski definition) is 1. The fourth-order valence-electron chi connectivity index (χ4n) is 0. The Labute approximate surface area is 58.1 Å². The Kier molecular flexibility index (Phi) is 7.94. The summed E-state index contributed by atoms with van der Waals surface area (Å²) in [6, 6.07) is 0. The fraction of sp³-hybridized carbons (Fsp3) is 1.00. The quantitative estimate of drug-likeness (QED) is 0.419. The Hall–Kier alpha value is 0.974. The molecule has 0 bridgehead atoms. The van der Waals surface area contributed by atoms with E-state index in [1.54, 1.807) is 0 Å². The standard InChI is InChI=1S/C2H6Cl2Si.H5NSi/c1-5(2,3)4;1-2/h1-2H3;1H2,2H3. The predicted octanol–water partition coefficient (Wildman–Crippen LogP) is 0.391. The number of rotatable bonds is 0. The number of hydrogen-bond donors (Lipinski definition) is 1. The summed E-state index contributed by atoms with van der Waals surface area (Å²) in [5.74, 6) is 0. The van der Waals surface area contributed by atoms with E-state index in [1.165, 1.54) is 0 Å². The molecule has 0 rings (SSSR count). The van der Waals surface area contributed by atoms with Crippen molar-refractivity contribution in [3.8, 4) is 0 Å². The lowest BCUT2D eigenvalue weighted by atomic mass is 11.9. The molecule has 0 spiro atoms. The molecule has 0 fully saturated rings. The summed E-state index contributed by atoms with van der Waals surface area (Å²) in [4.78, 5) is 0. The zero-order valence-corrected chi connectivity index (χ0v) is 9.35. The molecular formula is C2H11Cl2NSi2. The minimum atomic E-state index is -1.67. The van der Waals surface area contributed by atoms with Gasteiger partial charge in [0, 0.05) is 0 Å². The van der Waals surface area contributed by atoms with Gasteiger partial charge < -0.3 is 5.40 Å². The Bertz CT molecular complexity index is 29.2. The van der Waals surface area contributed by atoms with Crippen LogP contribution >= 0.6 is 22.2 Å². The van der Waals surface area contributed by atoms with Gasteiger partial charge >= 0.3 is 0 Å². The summed E-state index contributed by atoms with van der Waals surface area (Å²) in [5.41, 5.74) is 0. The van der Waals surface area contributed by atoms with Crippen molar-refractivity contribution in [1.29, 1.82) is 0 Å². The molecule has 0 aromatic carbocycles. The lowest BCUT2D eigenvalue weighted by Gasteiger charge is -1.93.